The molecular weight excluding hydrogens is 338 g/mol. The SMILES string of the molecule is Cl.N[C@@H]1CCC[C@H]1CC(=O)N1CCC(NC(=O)C2CCCCC2)CC1. The Balaban J connectivity index is 0.00000225. The predicted molar refractivity (Wildman–Crippen MR) is 102 cm³/mol. The summed E-state index contributed by atoms with van der Waals surface area (Å²) in [5, 5.41) is 3.23. The average molecular weight is 372 g/mol. The Kier molecular flexibility index (Phi) is 8.01. The lowest BCUT2D eigenvalue weighted by atomic mass is 9.88. The molecule has 0 aromatic rings. The maximum absolute atomic E-state index is 12.5. The van der Waals surface area contributed by atoms with E-state index < -0.39 is 0 Å². The Morgan fingerprint density at radius 1 is 0.920 bits per heavy atom. The molecule has 1 saturated heterocycles. The fraction of sp³-hybridized carbons (Fsp3) is 0.895. The molecule has 2 atom stereocenters. The van der Waals surface area contributed by atoms with Crippen LogP contribution in [0.1, 0.15) is 70.6 Å². The third kappa shape index (κ3) is 5.58. The van der Waals surface area contributed by atoms with Crippen LogP contribution >= 0.6 is 12.4 Å². The number of nitrogens with zero attached hydrogens (tertiary/aromatic N) is 1. The van der Waals surface area contributed by atoms with Gasteiger partial charge in [0, 0.05) is 37.5 Å². The predicted octanol–water partition coefficient (Wildman–Crippen LogP) is 2.61. The van der Waals surface area contributed by atoms with Crippen LogP contribution in [0.15, 0.2) is 0 Å². The molecule has 0 bridgehead atoms. The molecule has 6 heteroatoms. The number of amides is 2. The third-order valence-corrected chi connectivity index (χ3v) is 6.32. The summed E-state index contributed by atoms with van der Waals surface area (Å²) in [6.07, 6.45) is 11.5. The zero-order valence-corrected chi connectivity index (χ0v) is 16.1. The highest BCUT2D eigenvalue weighted by Gasteiger charge is 2.30. The van der Waals surface area contributed by atoms with Crippen LogP contribution in [0.25, 0.3) is 0 Å². The van der Waals surface area contributed by atoms with Crippen LogP contribution in [0.3, 0.4) is 0 Å². The van der Waals surface area contributed by atoms with Gasteiger partial charge in [0.15, 0.2) is 0 Å². The van der Waals surface area contributed by atoms with Crippen LogP contribution < -0.4 is 11.1 Å². The highest BCUT2D eigenvalue weighted by molar-refractivity contribution is 5.85. The molecule has 2 amide bonds. The third-order valence-electron chi connectivity index (χ3n) is 6.32. The summed E-state index contributed by atoms with van der Waals surface area (Å²) in [5.41, 5.74) is 6.09. The van der Waals surface area contributed by atoms with Crippen LogP contribution in [0.4, 0.5) is 0 Å². The number of rotatable bonds is 4. The largest absolute Gasteiger partial charge is 0.353 e. The van der Waals surface area contributed by atoms with Gasteiger partial charge >= 0.3 is 0 Å². The van der Waals surface area contributed by atoms with Gasteiger partial charge in [-0.2, -0.15) is 0 Å². The minimum atomic E-state index is 0. The smallest absolute Gasteiger partial charge is 0.223 e. The second-order valence-corrected chi connectivity index (χ2v) is 8.06. The second kappa shape index (κ2) is 9.77. The number of carbonyl (C=O) groups excluding carboxylic acids is 2. The van der Waals surface area contributed by atoms with Gasteiger partial charge in [-0.3, -0.25) is 9.59 Å². The van der Waals surface area contributed by atoms with Crippen LogP contribution in [0.2, 0.25) is 0 Å². The number of likely N-dealkylation sites (tertiary alicyclic amines) is 1. The first-order valence-corrected chi connectivity index (χ1v) is 9.97. The lowest BCUT2D eigenvalue weighted by Gasteiger charge is -2.34. The second-order valence-electron chi connectivity index (χ2n) is 8.06. The Morgan fingerprint density at radius 2 is 1.60 bits per heavy atom. The van der Waals surface area contributed by atoms with Crippen molar-refractivity contribution < 1.29 is 9.59 Å². The Morgan fingerprint density at radius 3 is 2.20 bits per heavy atom. The summed E-state index contributed by atoms with van der Waals surface area (Å²) in [5.74, 6) is 1.11. The molecule has 0 radical (unpaired) electrons. The quantitative estimate of drug-likeness (QED) is 0.797. The zero-order chi connectivity index (χ0) is 16.9. The molecule has 2 saturated carbocycles. The summed E-state index contributed by atoms with van der Waals surface area (Å²) in [7, 11) is 0. The lowest BCUT2D eigenvalue weighted by Crippen LogP contribution is -2.48. The summed E-state index contributed by atoms with van der Waals surface area (Å²) in [4.78, 5) is 26.8. The van der Waals surface area contributed by atoms with Gasteiger partial charge in [-0.25, -0.2) is 0 Å². The molecule has 0 aromatic carbocycles. The van der Waals surface area contributed by atoms with Gasteiger partial charge in [-0.1, -0.05) is 25.7 Å². The number of nitrogens with two attached hydrogens (primary N) is 1. The summed E-state index contributed by atoms with van der Waals surface area (Å²) >= 11 is 0. The van der Waals surface area contributed by atoms with E-state index in [1.54, 1.807) is 0 Å². The number of piperidine rings is 1. The number of nitrogens with one attached hydrogen (secondary N) is 1. The van der Waals surface area contributed by atoms with Gasteiger partial charge in [-0.05, 0) is 44.4 Å². The molecule has 144 valence electrons. The van der Waals surface area contributed by atoms with Gasteiger partial charge in [-0.15, -0.1) is 12.4 Å². The van der Waals surface area contributed by atoms with Crippen molar-refractivity contribution in [3.8, 4) is 0 Å². The number of hydrogen-bond donors (Lipinski definition) is 2. The van der Waals surface area contributed by atoms with Crippen molar-refractivity contribution in [3.05, 3.63) is 0 Å². The average Bonchev–Trinajstić information content (AvgIpc) is 3.01. The van der Waals surface area contributed by atoms with E-state index in [0.717, 1.165) is 58.0 Å². The molecular formula is C19H34ClN3O2. The minimum Gasteiger partial charge on any atom is -0.353 e. The number of halogens is 1. The van der Waals surface area contributed by atoms with E-state index in [1.807, 2.05) is 4.90 Å². The van der Waals surface area contributed by atoms with E-state index in [9.17, 15) is 9.59 Å². The fourth-order valence-electron chi connectivity index (χ4n) is 4.63. The van der Waals surface area contributed by atoms with Gasteiger partial charge < -0.3 is 16.0 Å². The number of hydrogen-bond acceptors (Lipinski definition) is 3. The Bertz CT molecular complexity index is 446. The molecule has 5 nitrogen and oxygen atoms in total. The molecule has 3 fully saturated rings. The van der Waals surface area contributed by atoms with Crippen molar-refractivity contribution in [3.63, 3.8) is 0 Å². The van der Waals surface area contributed by atoms with E-state index in [4.69, 9.17) is 5.73 Å². The minimum absolute atomic E-state index is 0. The van der Waals surface area contributed by atoms with Gasteiger partial charge in [0.2, 0.25) is 11.8 Å². The maximum Gasteiger partial charge on any atom is 0.223 e. The van der Waals surface area contributed by atoms with Crippen molar-refractivity contribution in [1.29, 1.82) is 0 Å². The number of carbonyl (C=O) groups is 2. The highest BCUT2D eigenvalue weighted by Crippen LogP contribution is 2.28. The maximum atomic E-state index is 12.5. The molecule has 0 aromatic heterocycles. The van der Waals surface area contributed by atoms with E-state index in [-0.39, 0.29) is 42.2 Å². The lowest BCUT2D eigenvalue weighted by molar-refractivity contribution is -0.133. The molecule has 0 spiro atoms. The van der Waals surface area contributed by atoms with Gasteiger partial charge in [0.1, 0.15) is 0 Å². The van der Waals surface area contributed by atoms with E-state index in [2.05, 4.69) is 5.32 Å². The first-order valence-electron chi connectivity index (χ1n) is 9.97. The fourth-order valence-corrected chi connectivity index (χ4v) is 4.63. The van der Waals surface area contributed by atoms with Crippen molar-refractivity contribution in [2.24, 2.45) is 17.6 Å². The first-order chi connectivity index (χ1) is 11.6. The molecule has 1 heterocycles. The van der Waals surface area contributed by atoms with Crippen molar-refractivity contribution in [2.45, 2.75) is 82.7 Å². The van der Waals surface area contributed by atoms with Crippen LogP contribution in [-0.4, -0.2) is 41.9 Å². The Hall–Kier alpha value is -0.810. The van der Waals surface area contributed by atoms with Crippen LogP contribution in [-0.2, 0) is 9.59 Å². The zero-order valence-electron chi connectivity index (χ0n) is 15.3. The summed E-state index contributed by atoms with van der Waals surface area (Å²) < 4.78 is 0. The van der Waals surface area contributed by atoms with Crippen molar-refractivity contribution >= 4 is 24.2 Å². The molecule has 0 unspecified atom stereocenters. The molecule has 3 rings (SSSR count). The standard InChI is InChI=1S/C19H33N3O2.ClH/c20-17-8-4-7-15(17)13-18(23)22-11-9-16(10-12-22)21-19(24)14-5-2-1-3-6-14;/h14-17H,1-13,20H2,(H,21,24);1H/t15-,17+;/m0./s1. The summed E-state index contributed by atoms with van der Waals surface area (Å²) in [6, 6.07) is 0.457. The first kappa shape index (κ1) is 20.5. The van der Waals surface area contributed by atoms with Crippen molar-refractivity contribution in [2.75, 3.05) is 13.1 Å². The van der Waals surface area contributed by atoms with Crippen LogP contribution in [0.5, 0.6) is 0 Å². The molecule has 3 N–H and O–H groups in total. The topological polar surface area (TPSA) is 75.4 Å². The molecule has 2 aliphatic carbocycles. The summed E-state index contributed by atoms with van der Waals surface area (Å²) in [6.45, 7) is 1.55. The van der Waals surface area contributed by atoms with E-state index >= 15 is 0 Å². The van der Waals surface area contributed by atoms with Gasteiger partial charge in [0.05, 0.1) is 0 Å². The highest BCUT2D eigenvalue weighted by atomic mass is 35.5. The normalized spacial score (nSPS) is 28.4. The van der Waals surface area contributed by atoms with Crippen molar-refractivity contribution in [1.82, 2.24) is 10.2 Å². The monoisotopic (exact) mass is 371 g/mol. The molecule has 1 aliphatic heterocycles. The molecule has 25 heavy (non-hydrogen) atoms. The van der Waals surface area contributed by atoms with Gasteiger partial charge in [0.25, 0.3) is 0 Å². The Labute approximate surface area is 157 Å². The molecule has 3 aliphatic rings. The van der Waals surface area contributed by atoms with E-state index in [1.165, 1.54) is 19.3 Å². The van der Waals surface area contributed by atoms with E-state index in [0.29, 0.717) is 12.3 Å². The van der Waals surface area contributed by atoms with Crippen LogP contribution in [0, 0.1) is 11.8 Å².